The van der Waals surface area contributed by atoms with Gasteiger partial charge in [0.1, 0.15) is 12.3 Å². The first-order valence-electron chi connectivity index (χ1n) is 8.08. The summed E-state index contributed by atoms with van der Waals surface area (Å²) in [7, 11) is 0. The second-order valence-corrected chi connectivity index (χ2v) is 6.11. The van der Waals surface area contributed by atoms with Crippen molar-refractivity contribution >= 4 is 22.5 Å². The Labute approximate surface area is 144 Å². The van der Waals surface area contributed by atoms with Crippen LogP contribution in [0.25, 0.3) is 16.6 Å². The molecule has 0 saturated carbocycles. The fourth-order valence-electron chi connectivity index (χ4n) is 2.92. The average Bonchev–Trinajstić information content (AvgIpc) is 3.00. The number of esters is 1. The first-order chi connectivity index (χ1) is 12.1. The molecule has 1 aromatic carbocycles. The summed E-state index contributed by atoms with van der Waals surface area (Å²) in [6, 6.07) is 13.3. The third-order valence-electron chi connectivity index (χ3n) is 4.06. The lowest BCUT2D eigenvalue weighted by Crippen LogP contribution is -2.07. The van der Waals surface area contributed by atoms with Crippen LogP contribution in [0.15, 0.2) is 54.9 Å². The third kappa shape index (κ3) is 2.96. The van der Waals surface area contributed by atoms with Crippen molar-refractivity contribution in [3.8, 4) is 0 Å². The van der Waals surface area contributed by atoms with E-state index < -0.39 is 0 Å². The van der Waals surface area contributed by atoms with Gasteiger partial charge in [-0.3, -0.25) is 4.98 Å². The van der Waals surface area contributed by atoms with Gasteiger partial charge in [-0.1, -0.05) is 24.3 Å². The van der Waals surface area contributed by atoms with Gasteiger partial charge in [0.15, 0.2) is 0 Å². The van der Waals surface area contributed by atoms with E-state index in [1.165, 1.54) is 0 Å². The molecule has 4 aromatic rings. The first-order valence-corrected chi connectivity index (χ1v) is 8.08. The molecule has 25 heavy (non-hydrogen) atoms. The highest BCUT2D eigenvalue weighted by molar-refractivity contribution is 6.03. The molecule has 124 valence electrons. The lowest BCUT2D eigenvalue weighted by Gasteiger charge is -2.07. The Kier molecular flexibility index (Phi) is 3.69. The summed E-state index contributed by atoms with van der Waals surface area (Å²) >= 11 is 0. The molecule has 0 unspecified atom stereocenters. The van der Waals surface area contributed by atoms with Gasteiger partial charge < -0.3 is 9.14 Å². The summed E-state index contributed by atoms with van der Waals surface area (Å²) < 4.78 is 7.43. The SMILES string of the molecule is Cc1ccc2nc(COC(=O)c3cc(C)nc4ccccc34)cn2c1. The molecule has 0 aliphatic rings. The molecular weight excluding hydrogens is 314 g/mol. The van der Waals surface area contributed by atoms with Gasteiger partial charge in [-0.2, -0.15) is 0 Å². The maximum Gasteiger partial charge on any atom is 0.339 e. The third-order valence-corrected chi connectivity index (χ3v) is 4.06. The Morgan fingerprint density at radius 2 is 1.92 bits per heavy atom. The van der Waals surface area contributed by atoms with Crippen LogP contribution in [-0.2, 0) is 11.3 Å². The Morgan fingerprint density at radius 1 is 1.08 bits per heavy atom. The van der Waals surface area contributed by atoms with Crippen LogP contribution >= 0.6 is 0 Å². The van der Waals surface area contributed by atoms with Gasteiger partial charge in [0.05, 0.1) is 16.8 Å². The Hall–Kier alpha value is -3.21. The number of pyridine rings is 2. The van der Waals surface area contributed by atoms with Crippen molar-refractivity contribution in [2.24, 2.45) is 0 Å². The van der Waals surface area contributed by atoms with Gasteiger partial charge in [-0.05, 0) is 37.6 Å². The van der Waals surface area contributed by atoms with E-state index >= 15 is 0 Å². The fraction of sp³-hybridized carbons (Fsp3) is 0.150. The Balaban J connectivity index is 1.59. The second kappa shape index (κ2) is 6.02. The summed E-state index contributed by atoms with van der Waals surface area (Å²) in [5.74, 6) is -0.366. The maximum atomic E-state index is 12.6. The molecule has 3 aromatic heterocycles. The molecule has 0 saturated heterocycles. The van der Waals surface area contributed by atoms with E-state index in [0.29, 0.717) is 11.3 Å². The molecule has 0 N–H and O–H groups in total. The maximum absolute atomic E-state index is 12.6. The number of aryl methyl sites for hydroxylation is 2. The Morgan fingerprint density at radius 3 is 2.80 bits per heavy atom. The highest BCUT2D eigenvalue weighted by Gasteiger charge is 2.14. The number of carbonyl (C=O) groups excluding carboxylic acids is 1. The quantitative estimate of drug-likeness (QED) is 0.535. The zero-order valence-corrected chi connectivity index (χ0v) is 14.1. The van der Waals surface area contributed by atoms with E-state index in [-0.39, 0.29) is 12.6 Å². The van der Waals surface area contributed by atoms with Crippen molar-refractivity contribution in [3.63, 3.8) is 0 Å². The van der Waals surface area contributed by atoms with Crippen LogP contribution in [0.5, 0.6) is 0 Å². The van der Waals surface area contributed by atoms with E-state index in [9.17, 15) is 4.79 Å². The zero-order chi connectivity index (χ0) is 17.4. The van der Waals surface area contributed by atoms with Gasteiger partial charge in [-0.25, -0.2) is 9.78 Å². The highest BCUT2D eigenvalue weighted by Crippen LogP contribution is 2.19. The number of para-hydroxylation sites is 1. The van der Waals surface area contributed by atoms with Gasteiger partial charge in [0, 0.05) is 23.5 Å². The first kappa shape index (κ1) is 15.3. The zero-order valence-electron chi connectivity index (χ0n) is 14.1. The molecular formula is C20H17N3O2. The van der Waals surface area contributed by atoms with Crippen LogP contribution in [-0.4, -0.2) is 20.3 Å². The summed E-state index contributed by atoms with van der Waals surface area (Å²) in [5, 5.41) is 0.795. The molecule has 0 atom stereocenters. The van der Waals surface area contributed by atoms with E-state index in [1.54, 1.807) is 6.07 Å². The molecule has 0 aliphatic carbocycles. The van der Waals surface area contributed by atoms with Crippen LogP contribution in [0.3, 0.4) is 0 Å². The molecule has 0 aliphatic heterocycles. The number of ether oxygens (including phenoxy) is 1. The molecule has 0 amide bonds. The van der Waals surface area contributed by atoms with Crippen LogP contribution in [0, 0.1) is 13.8 Å². The summed E-state index contributed by atoms with van der Waals surface area (Å²) in [5.41, 5.74) is 4.80. The van der Waals surface area contributed by atoms with Crippen LogP contribution in [0.2, 0.25) is 0 Å². The van der Waals surface area contributed by atoms with Crippen LogP contribution in [0.4, 0.5) is 0 Å². The monoisotopic (exact) mass is 331 g/mol. The summed E-state index contributed by atoms with van der Waals surface area (Å²) in [6.07, 6.45) is 3.87. The number of hydrogen-bond donors (Lipinski definition) is 0. The number of imidazole rings is 1. The van der Waals surface area contributed by atoms with Crippen molar-refractivity contribution in [1.82, 2.24) is 14.4 Å². The highest BCUT2D eigenvalue weighted by atomic mass is 16.5. The van der Waals surface area contributed by atoms with E-state index in [4.69, 9.17) is 4.74 Å². The van der Waals surface area contributed by atoms with Gasteiger partial charge in [0.2, 0.25) is 0 Å². The van der Waals surface area contributed by atoms with Gasteiger partial charge >= 0.3 is 5.97 Å². The average molecular weight is 331 g/mol. The molecule has 0 radical (unpaired) electrons. The van der Waals surface area contributed by atoms with Crippen molar-refractivity contribution in [2.45, 2.75) is 20.5 Å². The molecule has 0 spiro atoms. The number of carbonyl (C=O) groups is 1. The smallest absolute Gasteiger partial charge is 0.339 e. The number of aromatic nitrogens is 3. The van der Waals surface area contributed by atoms with E-state index in [1.807, 2.05) is 67.0 Å². The largest absolute Gasteiger partial charge is 0.455 e. The van der Waals surface area contributed by atoms with Crippen molar-refractivity contribution < 1.29 is 9.53 Å². The second-order valence-electron chi connectivity index (χ2n) is 6.11. The standard InChI is InChI=1S/C20H17N3O2/c1-13-7-8-19-22-15(11-23(19)10-13)12-25-20(24)17-9-14(2)21-18-6-4-3-5-16(17)18/h3-11H,12H2,1-2H3. The number of rotatable bonds is 3. The van der Waals surface area contributed by atoms with Crippen molar-refractivity contribution in [2.75, 3.05) is 0 Å². The Bertz CT molecular complexity index is 1100. The number of hydrogen-bond acceptors (Lipinski definition) is 4. The number of benzene rings is 1. The van der Waals surface area contributed by atoms with E-state index in [0.717, 1.165) is 27.8 Å². The predicted molar refractivity (Wildman–Crippen MR) is 95.5 cm³/mol. The molecule has 0 fully saturated rings. The van der Waals surface area contributed by atoms with Crippen LogP contribution < -0.4 is 0 Å². The number of nitrogens with zero attached hydrogens (tertiary/aromatic N) is 3. The van der Waals surface area contributed by atoms with Gasteiger partial charge in [-0.15, -0.1) is 0 Å². The molecule has 5 heteroatoms. The topological polar surface area (TPSA) is 56.5 Å². The molecule has 5 nitrogen and oxygen atoms in total. The van der Waals surface area contributed by atoms with Crippen molar-refractivity contribution in [1.29, 1.82) is 0 Å². The van der Waals surface area contributed by atoms with Crippen molar-refractivity contribution in [3.05, 3.63) is 77.4 Å². The molecule has 4 rings (SSSR count). The lowest BCUT2D eigenvalue weighted by molar-refractivity contribution is 0.0470. The molecule has 0 bridgehead atoms. The summed E-state index contributed by atoms with van der Waals surface area (Å²) in [6.45, 7) is 4.03. The predicted octanol–water partition coefficient (Wildman–Crippen LogP) is 3.86. The fourth-order valence-corrected chi connectivity index (χ4v) is 2.92. The van der Waals surface area contributed by atoms with E-state index in [2.05, 4.69) is 9.97 Å². The van der Waals surface area contributed by atoms with Gasteiger partial charge in [0.25, 0.3) is 0 Å². The minimum absolute atomic E-state index is 0.134. The lowest BCUT2D eigenvalue weighted by atomic mass is 10.1. The minimum atomic E-state index is -0.366. The minimum Gasteiger partial charge on any atom is -0.455 e. The number of fused-ring (bicyclic) bond motifs is 2. The summed E-state index contributed by atoms with van der Waals surface area (Å²) in [4.78, 5) is 21.5. The molecule has 3 heterocycles. The van der Waals surface area contributed by atoms with Crippen LogP contribution in [0.1, 0.15) is 27.3 Å². The normalized spacial score (nSPS) is 11.1.